The fraction of sp³-hybridized carbons (Fsp3) is 0.286. The number of carbonyl (C=O) groups excluding carboxylic acids is 2. The van der Waals surface area contributed by atoms with Gasteiger partial charge >= 0.3 is 6.18 Å². The van der Waals surface area contributed by atoms with Gasteiger partial charge in [0.25, 0.3) is 5.91 Å². The Morgan fingerprint density at radius 2 is 2.06 bits per heavy atom. The summed E-state index contributed by atoms with van der Waals surface area (Å²) in [5.74, 6) is -1.25. The SMILES string of the molecule is Cc1[nH]nc2cc(N(C)c3cccc4c3C(=O)N(CC(=O)NCC(F)(F)F)C4)ccc12. The zero-order valence-electron chi connectivity index (χ0n) is 16.9. The Labute approximate surface area is 175 Å². The van der Waals surface area contributed by atoms with Crippen LogP contribution in [-0.2, 0) is 11.3 Å². The molecule has 31 heavy (non-hydrogen) atoms. The first kappa shape index (κ1) is 20.7. The van der Waals surface area contributed by atoms with Crippen molar-refractivity contribution in [3.8, 4) is 0 Å². The highest BCUT2D eigenvalue weighted by atomic mass is 19.4. The van der Waals surface area contributed by atoms with Crippen LogP contribution in [0.2, 0.25) is 0 Å². The summed E-state index contributed by atoms with van der Waals surface area (Å²) < 4.78 is 36.9. The minimum Gasteiger partial charge on any atom is -0.345 e. The third-order valence-corrected chi connectivity index (χ3v) is 5.29. The number of nitrogens with one attached hydrogen (secondary N) is 2. The van der Waals surface area contributed by atoms with Gasteiger partial charge in [0.05, 0.1) is 16.8 Å². The molecule has 0 saturated carbocycles. The largest absolute Gasteiger partial charge is 0.405 e. The van der Waals surface area contributed by atoms with Gasteiger partial charge in [-0.05, 0) is 36.8 Å². The van der Waals surface area contributed by atoms with E-state index in [1.807, 2.05) is 43.1 Å². The maximum Gasteiger partial charge on any atom is 0.405 e. The summed E-state index contributed by atoms with van der Waals surface area (Å²) in [7, 11) is 1.82. The molecule has 10 heteroatoms. The molecule has 1 aliphatic rings. The first-order valence-electron chi connectivity index (χ1n) is 9.57. The van der Waals surface area contributed by atoms with Crippen molar-refractivity contribution in [1.29, 1.82) is 0 Å². The lowest BCUT2D eigenvalue weighted by Gasteiger charge is -2.22. The third-order valence-electron chi connectivity index (χ3n) is 5.29. The summed E-state index contributed by atoms with van der Waals surface area (Å²) in [6.45, 7) is 0.225. The number of aromatic nitrogens is 2. The number of aromatic amines is 1. The van der Waals surface area contributed by atoms with Crippen molar-refractivity contribution < 1.29 is 22.8 Å². The monoisotopic (exact) mass is 431 g/mol. The van der Waals surface area contributed by atoms with Crippen LogP contribution in [0.1, 0.15) is 21.6 Å². The van der Waals surface area contributed by atoms with Crippen molar-refractivity contribution in [3.63, 3.8) is 0 Å². The number of fused-ring (bicyclic) bond motifs is 2. The topological polar surface area (TPSA) is 81.3 Å². The predicted molar refractivity (Wildman–Crippen MR) is 109 cm³/mol. The summed E-state index contributed by atoms with van der Waals surface area (Å²) in [5, 5.41) is 10.0. The first-order valence-corrected chi connectivity index (χ1v) is 9.57. The number of hydrogen-bond acceptors (Lipinski definition) is 4. The van der Waals surface area contributed by atoms with Crippen molar-refractivity contribution in [2.24, 2.45) is 0 Å². The smallest absolute Gasteiger partial charge is 0.345 e. The maximum atomic E-state index is 13.0. The predicted octanol–water partition coefficient (Wildman–Crippen LogP) is 3.27. The molecule has 162 valence electrons. The van der Waals surface area contributed by atoms with E-state index in [1.165, 1.54) is 4.90 Å². The lowest BCUT2D eigenvalue weighted by atomic mass is 10.1. The highest BCUT2D eigenvalue weighted by Gasteiger charge is 2.33. The fourth-order valence-electron chi connectivity index (χ4n) is 3.72. The van der Waals surface area contributed by atoms with Crippen LogP contribution in [0.25, 0.3) is 10.9 Å². The summed E-state index contributed by atoms with van der Waals surface area (Å²) in [4.78, 5) is 28.0. The second kappa shape index (κ2) is 7.60. The van der Waals surface area contributed by atoms with Crippen LogP contribution in [-0.4, -0.2) is 53.2 Å². The summed E-state index contributed by atoms with van der Waals surface area (Å²) in [6, 6.07) is 11.2. The minimum absolute atomic E-state index is 0.160. The number of hydrogen-bond donors (Lipinski definition) is 2. The molecule has 3 aromatic rings. The van der Waals surface area contributed by atoms with Gasteiger partial charge in [-0.25, -0.2) is 0 Å². The van der Waals surface area contributed by atoms with E-state index in [4.69, 9.17) is 0 Å². The average molecular weight is 431 g/mol. The van der Waals surface area contributed by atoms with Crippen molar-refractivity contribution >= 4 is 34.1 Å². The summed E-state index contributed by atoms with van der Waals surface area (Å²) in [5.41, 5.74) is 4.37. The van der Waals surface area contributed by atoms with Crippen LogP contribution in [0.3, 0.4) is 0 Å². The highest BCUT2D eigenvalue weighted by Crippen LogP contribution is 2.35. The molecule has 0 aliphatic carbocycles. The molecule has 0 fully saturated rings. The highest BCUT2D eigenvalue weighted by molar-refractivity contribution is 6.05. The Kier molecular flexibility index (Phi) is 5.08. The van der Waals surface area contributed by atoms with Gasteiger partial charge in [-0.2, -0.15) is 18.3 Å². The van der Waals surface area contributed by atoms with Gasteiger partial charge in [0.1, 0.15) is 13.1 Å². The van der Waals surface area contributed by atoms with Gasteiger partial charge in [-0.1, -0.05) is 12.1 Å². The Bertz CT molecular complexity index is 1170. The standard InChI is InChI=1S/C21H20F3N5O2/c1-12-15-7-6-14(8-16(15)27-26-12)28(2)17-5-3-4-13-9-29(20(31)19(13)17)10-18(30)25-11-21(22,23)24/h3-8H,9-11H2,1-2H3,(H,25,30)(H,26,27). The number of H-pyrrole nitrogens is 1. The Balaban J connectivity index is 1.56. The number of halogens is 3. The van der Waals surface area contributed by atoms with Crippen LogP contribution >= 0.6 is 0 Å². The zero-order valence-corrected chi connectivity index (χ0v) is 16.9. The first-order chi connectivity index (χ1) is 14.6. The summed E-state index contributed by atoms with van der Waals surface area (Å²) in [6.07, 6.45) is -4.50. The molecule has 7 nitrogen and oxygen atoms in total. The van der Waals surface area contributed by atoms with Gasteiger partial charge in [-0.3, -0.25) is 14.7 Å². The van der Waals surface area contributed by atoms with Gasteiger partial charge in [-0.15, -0.1) is 0 Å². The Morgan fingerprint density at radius 1 is 1.29 bits per heavy atom. The van der Waals surface area contributed by atoms with E-state index < -0.39 is 31.1 Å². The zero-order chi connectivity index (χ0) is 22.3. The van der Waals surface area contributed by atoms with Crippen LogP contribution < -0.4 is 10.2 Å². The van der Waals surface area contributed by atoms with Crippen molar-refractivity contribution in [2.75, 3.05) is 25.0 Å². The molecule has 0 saturated heterocycles. The number of rotatable bonds is 5. The number of carbonyl (C=O) groups is 2. The van der Waals surface area contributed by atoms with Crippen molar-refractivity contribution in [3.05, 3.63) is 53.2 Å². The molecule has 2 aromatic carbocycles. The molecular formula is C21H20F3N5O2. The second-order valence-electron chi connectivity index (χ2n) is 7.47. The van der Waals surface area contributed by atoms with Crippen molar-refractivity contribution in [1.82, 2.24) is 20.4 Å². The molecule has 0 spiro atoms. The molecule has 0 unspecified atom stereocenters. The Hall–Kier alpha value is -3.56. The number of alkyl halides is 3. The van der Waals surface area contributed by atoms with Crippen LogP contribution in [0.15, 0.2) is 36.4 Å². The molecule has 1 aliphatic heterocycles. The van der Waals surface area contributed by atoms with E-state index in [9.17, 15) is 22.8 Å². The molecule has 0 radical (unpaired) electrons. The molecule has 4 rings (SSSR count). The van der Waals surface area contributed by atoms with E-state index >= 15 is 0 Å². The minimum atomic E-state index is -4.50. The van der Waals surface area contributed by atoms with E-state index in [0.29, 0.717) is 11.3 Å². The van der Waals surface area contributed by atoms with Gasteiger partial charge in [0.15, 0.2) is 0 Å². The molecule has 2 amide bonds. The lowest BCUT2D eigenvalue weighted by molar-refractivity contribution is -0.138. The van der Waals surface area contributed by atoms with Gasteiger partial charge < -0.3 is 15.1 Å². The molecule has 1 aromatic heterocycles. The van der Waals surface area contributed by atoms with E-state index in [2.05, 4.69) is 10.2 Å². The molecule has 2 N–H and O–H groups in total. The number of nitrogens with zero attached hydrogens (tertiary/aromatic N) is 3. The van der Waals surface area contributed by atoms with Crippen molar-refractivity contribution in [2.45, 2.75) is 19.6 Å². The van der Waals surface area contributed by atoms with E-state index in [1.54, 1.807) is 17.4 Å². The number of anilines is 2. The van der Waals surface area contributed by atoms with Crippen LogP contribution in [0, 0.1) is 6.92 Å². The third kappa shape index (κ3) is 4.05. The molecule has 2 heterocycles. The number of benzene rings is 2. The molecule has 0 atom stereocenters. The number of aryl methyl sites for hydroxylation is 1. The molecular weight excluding hydrogens is 411 g/mol. The quantitative estimate of drug-likeness (QED) is 0.650. The van der Waals surface area contributed by atoms with Crippen LogP contribution in [0.4, 0.5) is 24.5 Å². The van der Waals surface area contributed by atoms with Crippen LogP contribution in [0.5, 0.6) is 0 Å². The maximum absolute atomic E-state index is 13.0. The second-order valence-corrected chi connectivity index (χ2v) is 7.47. The normalized spacial score (nSPS) is 13.6. The molecule has 0 bridgehead atoms. The van der Waals surface area contributed by atoms with E-state index in [0.717, 1.165) is 27.8 Å². The summed E-state index contributed by atoms with van der Waals surface area (Å²) >= 11 is 0. The van der Waals surface area contributed by atoms with Gasteiger partial charge in [0, 0.05) is 30.4 Å². The number of amides is 2. The Morgan fingerprint density at radius 3 is 2.81 bits per heavy atom. The van der Waals surface area contributed by atoms with E-state index in [-0.39, 0.29) is 6.54 Å². The fourth-order valence-corrected chi connectivity index (χ4v) is 3.72. The lowest BCUT2D eigenvalue weighted by Crippen LogP contribution is -2.41. The van der Waals surface area contributed by atoms with Gasteiger partial charge in [0.2, 0.25) is 5.91 Å². The average Bonchev–Trinajstić information content (AvgIpc) is 3.25.